The Morgan fingerprint density at radius 1 is 1.05 bits per heavy atom. The van der Waals surface area contributed by atoms with Gasteiger partial charge < -0.3 is 10.6 Å². The first kappa shape index (κ1) is 22.0. The van der Waals surface area contributed by atoms with Crippen LogP contribution in [0.25, 0.3) is 28.0 Å². The third-order valence-electron chi connectivity index (χ3n) is 7.09. The molecule has 4 aromatic heterocycles. The van der Waals surface area contributed by atoms with E-state index in [1.807, 2.05) is 18.2 Å². The minimum Gasteiger partial charge on any atom is -0.324 e. The molecule has 182 valence electrons. The molecule has 0 saturated heterocycles. The lowest BCUT2D eigenvalue weighted by molar-refractivity contribution is 0.531. The van der Waals surface area contributed by atoms with E-state index < -0.39 is 0 Å². The van der Waals surface area contributed by atoms with Crippen molar-refractivity contribution in [2.24, 2.45) is 0 Å². The zero-order chi connectivity index (χ0) is 25.0. The van der Waals surface area contributed by atoms with Gasteiger partial charge in [0.05, 0.1) is 21.8 Å². The lowest BCUT2D eigenvalue weighted by Crippen LogP contribution is -2.33. The van der Waals surface area contributed by atoms with Crippen molar-refractivity contribution in [3.63, 3.8) is 0 Å². The Hall–Kier alpha value is -4.21. The summed E-state index contributed by atoms with van der Waals surface area (Å²) in [6, 6.07) is 13.6. The van der Waals surface area contributed by atoms with E-state index in [1.165, 1.54) is 41.0 Å². The van der Waals surface area contributed by atoms with Crippen LogP contribution in [-0.4, -0.2) is 36.3 Å². The van der Waals surface area contributed by atoms with Crippen LogP contribution < -0.4 is 16.2 Å². The van der Waals surface area contributed by atoms with Gasteiger partial charge in [-0.05, 0) is 54.3 Å². The number of nitrogens with one attached hydrogen (secondary N) is 2. The van der Waals surface area contributed by atoms with Crippen LogP contribution in [-0.2, 0) is 12.0 Å². The van der Waals surface area contributed by atoms with Gasteiger partial charge in [0.2, 0.25) is 5.95 Å². The Morgan fingerprint density at radius 3 is 2.78 bits per heavy atom. The van der Waals surface area contributed by atoms with Gasteiger partial charge in [0.15, 0.2) is 0 Å². The molecule has 0 atom stereocenters. The molecule has 2 aliphatic rings. The molecular formula is C27H21ClN8O. The summed E-state index contributed by atoms with van der Waals surface area (Å²) in [6.07, 6.45) is 8.69. The van der Waals surface area contributed by atoms with Crippen molar-refractivity contribution in [3.8, 4) is 17.1 Å². The van der Waals surface area contributed by atoms with Crippen LogP contribution in [0.2, 0.25) is 5.02 Å². The zero-order valence-electron chi connectivity index (χ0n) is 19.6. The number of hydrogen-bond acceptors (Lipinski definition) is 8. The lowest BCUT2D eigenvalue weighted by atomic mass is 9.88. The van der Waals surface area contributed by atoms with Crippen molar-refractivity contribution in [2.75, 3.05) is 11.9 Å². The van der Waals surface area contributed by atoms with E-state index in [4.69, 9.17) is 16.6 Å². The van der Waals surface area contributed by atoms with Crippen molar-refractivity contribution >= 4 is 34.1 Å². The molecule has 1 aliphatic heterocycles. The van der Waals surface area contributed by atoms with Crippen LogP contribution in [0.4, 0.5) is 11.6 Å². The molecule has 5 aromatic rings. The lowest BCUT2D eigenvalue weighted by Gasteiger charge is -2.26. The van der Waals surface area contributed by atoms with Crippen LogP contribution in [0.1, 0.15) is 24.0 Å². The summed E-state index contributed by atoms with van der Waals surface area (Å²) in [5.41, 5.74) is 5.39. The maximum Gasteiger partial charge on any atom is 0.282 e. The number of halogens is 1. The first-order chi connectivity index (χ1) is 18.1. The standard InChI is InChI=1S/C27H21ClN8O/c28-20-14-29-10-6-22(20)36-25(37)18-13-32-26(34-23(18)24(35-36)21-3-1-2-9-31-21)33-17-4-5-19-16(11-17)12-30-15-27(19)7-8-27/h1-6,9-11,13-14,30H,7-8,12,15H2,(H,32,33,34). The Labute approximate surface area is 216 Å². The van der Waals surface area contributed by atoms with E-state index >= 15 is 0 Å². The van der Waals surface area contributed by atoms with E-state index in [1.54, 1.807) is 18.5 Å². The SMILES string of the molecule is O=c1c2cnc(Nc3ccc4c(c3)CNCC43CC3)nc2c(-c2ccccn2)nn1-c1ccncc1Cl. The molecule has 1 aliphatic carbocycles. The minimum absolute atomic E-state index is 0.303. The smallest absolute Gasteiger partial charge is 0.282 e. The van der Waals surface area contributed by atoms with E-state index in [9.17, 15) is 4.79 Å². The van der Waals surface area contributed by atoms with E-state index in [0.29, 0.717) is 44.4 Å². The summed E-state index contributed by atoms with van der Waals surface area (Å²) in [5.74, 6) is 0.371. The largest absolute Gasteiger partial charge is 0.324 e. The fourth-order valence-electron chi connectivity index (χ4n) is 5.06. The first-order valence-corrected chi connectivity index (χ1v) is 12.4. The zero-order valence-corrected chi connectivity index (χ0v) is 20.4. The average molecular weight is 509 g/mol. The Balaban J connectivity index is 1.35. The van der Waals surface area contributed by atoms with Crippen molar-refractivity contribution in [3.05, 3.63) is 93.8 Å². The molecule has 0 unspecified atom stereocenters. The fraction of sp³-hybridized carbons (Fsp3) is 0.185. The average Bonchev–Trinajstić information content (AvgIpc) is 3.70. The molecule has 1 fully saturated rings. The predicted octanol–water partition coefficient (Wildman–Crippen LogP) is 4.16. The highest BCUT2D eigenvalue weighted by atomic mass is 35.5. The highest BCUT2D eigenvalue weighted by molar-refractivity contribution is 6.32. The third kappa shape index (κ3) is 3.75. The second-order valence-electron chi connectivity index (χ2n) is 9.44. The number of fused-ring (bicyclic) bond motifs is 3. The predicted molar refractivity (Wildman–Crippen MR) is 141 cm³/mol. The number of nitrogens with zero attached hydrogens (tertiary/aromatic N) is 6. The molecule has 2 N–H and O–H groups in total. The second kappa shape index (κ2) is 8.43. The molecular weight excluding hydrogens is 488 g/mol. The van der Waals surface area contributed by atoms with Gasteiger partial charge in [0.25, 0.3) is 5.56 Å². The van der Waals surface area contributed by atoms with E-state index in [-0.39, 0.29) is 5.56 Å². The molecule has 9 nitrogen and oxygen atoms in total. The van der Waals surface area contributed by atoms with Gasteiger partial charge in [-0.1, -0.05) is 23.7 Å². The van der Waals surface area contributed by atoms with Gasteiger partial charge in [-0.25, -0.2) is 9.97 Å². The second-order valence-corrected chi connectivity index (χ2v) is 9.85. The number of hydrogen-bond donors (Lipinski definition) is 2. The van der Waals surface area contributed by atoms with Gasteiger partial charge in [-0.2, -0.15) is 9.78 Å². The van der Waals surface area contributed by atoms with Crippen molar-refractivity contribution in [2.45, 2.75) is 24.8 Å². The number of anilines is 2. The molecule has 5 heterocycles. The molecule has 1 spiro atoms. The summed E-state index contributed by atoms with van der Waals surface area (Å²) in [6.45, 7) is 1.89. The maximum absolute atomic E-state index is 13.5. The number of pyridine rings is 2. The van der Waals surface area contributed by atoms with Crippen molar-refractivity contribution in [1.29, 1.82) is 0 Å². The highest BCUT2D eigenvalue weighted by Gasteiger charge is 2.46. The summed E-state index contributed by atoms with van der Waals surface area (Å²) in [7, 11) is 0. The van der Waals surface area contributed by atoms with Gasteiger partial charge in [0, 0.05) is 49.0 Å². The Morgan fingerprint density at radius 2 is 1.97 bits per heavy atom. The molecule has 0 radical (unpaired) electrons. The van der Waals surface area contributed by atoms with Crippen LogP contribution >= 0.6 is 11.6 Å². The normalized spacial score (nSPS) is 15.5. The minimum atomic E-state index is -0.385. The monoisotopic (exact) mass is 508 g/mol. The van der Waals surface area contributed by atoms with Crippen molar-refractivity contribution in [1.82, 2.24) is 35.0 Å². The maximum atomic E-state index is 13.5. The van der Waals surface area contributed by atoms with Gasteiger partial charge >= 0.3 is 0 Å². The molecule has 1 saturated carbocycles. The molecule has 37 heavy (non-hydrogen) atoms. The van der Waals surface area contributed by atoms with Gasteiger partial charge in [0.1, 0.15) is 11.2 Å². The fourth-order valence-corrected chi connectivity index (χ4v) is 5.26. The van der Waals surface area contributed by atoms with Crippen molar-refractivity contribution < 1.29 is 0 Å². The Kier molecular flexibility index (Phi) is 5.02. The summed E-state index contributed by atoms with van der Waals surface area (Å²) < 4.78 is 1.25. The molecule has 7 rings (SSSR count). The highest BCUT2D eigenvalue weighted by Crippen LogP contribution is 2.50. The van der Waals surface area contributed by atoms with Crippen LogP contribution in [0.5, 0.6) is 0 Å². The molecule has 1 aromatic carbocycles. The summed E-state index contributed by atoms with van der Waals surface area (Å²) in [5, 5.41) is 12.1. The van der Waals surface area contributed by atoms with Gasteiger partial charge in [-0.15, -0.1) is 0 Å². The van der Waals surface area contributed by atoms with E-state index in [0.717, 1.165) is 18.8 Å². The molecule has 0 amide bonds. The quantitative estimate of drug-likeness (QED) is 0.372. The third-order valence-corrected chi connectivity index (χ3v) is 7.38. The summed E-state index contributed by atoms with van der Waals surface area (Å²) >= 11 is 6.34. The first-order valence-electron chi connectivity index (χ1n) is 12.0. The number of aromatic nitrogens is 6. The van der Waals surface area contributed by atoms with E-state index in [2.05, 4.69) is 48.9 Å². The summed E-state index contributed by atoms with van der Waals surface area (Å²) in [4.78, 5) is 31.1. The number of benzene rings is 1. The molecule has 0 bridgehead atoms. The topological polar surface area (TPSA) is 111 Å². The Bertz CT molecular complexity index is 1730. The molecule has 10 heteroatoms. The van der Waals surface area contributed by atoms with Crippen LogP contribution in [0.15, 0.2) is 72.0 Å². The van der Waals surface area contributed by atoms with Gasteiger partial charge in [-0.3, -0.25) is 14.8 Å². The van der Waals surface area contributed by atoms with Crippen LogP contribution in [0.3, 0.4) is 0 Å². The van der Waals surface area contributed by atoms with Crippen LogP contribution in [0, 0.1) is 0 Å². The number of rotatable bonds is 4.